The number of likely N-dealkylation sites (N-methyl/N-ethyl adjacent to an activating group) is 1. The van der Waals surface area contributed by atoms with E-state index in [1.54, 1.807) is 96.4 Å². The van der Waals surface area contributed by atoms with Gasteiger partial charge >= 0.3 is 12.1 Å². The molecule has 10 bridgehead atoms. The summed E-state index contributed by atoms with van der Waals surface area (Å²) in [7, 11) is 1.38. The predicted molar refractivity (Wildman–Crippen MR) is 529 cm³/mol. The topological polar surface area (TPSA) is 667 Å². The smallest absolute Gasteiger partial charge is 0.373 e. The Morgan fingerprint density at radius 1 is 0.535 bits per heavy atom. The van der Waals surface area contributed by atoms with Crippen molar-refractivity contribution < 1.29 is 111 Å². The molecule has 4 saturated heterocycles. The number of thioether (sulfide) groups is 3. The quantitative estimate of drug-likeness (QED) is 0.0370. The number of hydrogen-bond acceptors (Lipinski definition) is 32. The largest absolute Gasteiger partial charge is 0.481 e. The number of rotatable bonds is 19. The number of fused-ring (bicyclic) bond motifs is 4. The second-order valence-corrected chi connectivity index (χ2v) is 39.9. The van der Waals surface area contributed by atoms with Gasteiger partial charge in [0.05, 0.1) is 54.8 Å². The van der Waals surface area contributed by atoms with Crippen molar-refractivity contribution >= 4 is 193 Å². The number of aromatic amines is 2. The SMILES string of the molecule is CC[C@@H]1CC(=O)[C@H]([C@@H](C)O)NC(=O)[C@@H](CC(=O)[C@H](C)NC(=O)CN(C)C(=O)CCN)CSCC(=O)N2CCN(CC2)c2nc3nc(n2)N2CCN(CC2)C(=O)CSC[C@H](NC1=O)C(=O)N[C@@H](Cc1c[nH]c2ccccc12)C(=O)N[C@@H](C(C)C)C(=O)N[C@@H](CC(=O)O)C(=O)NCC(=O)N[C@@H](Cc1c[nH]c2ccccc12)C(=O)N[C@@H](C(C)C)C(=O)N1CCC[C@H]1C(=O)N[C@H](C(N)=O)CSCC(=O)N1CCN3CC1.O=C=O. The van der Waals surface area contributed by atoms with E-state index in [4.69, 9.17) is 36.0 Å². The van der Waals surface area contributed by atoms with Crippen LogP contribution in [0.25, 0.3) is 21.8 Å². The Labute approximate surface area is 843 Å². The van der Waals surface area contributed by atoms with E-state index in [1.165, 1.54) is 39.6 Å². The highest BCUT2D eigenvalue weighted by atomic mass is 32.2. The number of carbonyl (C=O) groups excluding carboxylic acids is 20. The second kappa shape index (κ2) is 53.8. The number of hydrogen-bond donors (Lipinski definition) is 16. The summed E-state index contributed by atoms with van der Waals surface area (Å²) in [5.74, 6) is -20.5. The molecule has 51 heteroatoms. The number of primary amides is 1. The van der Waals surface area contributed by atoms with E-state index < -0.39 is 223 Å². The molecular formula is C93H129N25O23S3. The number of carboxylic acids is 1. The van der Waals surface area contributed by atoms with Crippen LogP contribution in [0.15, 0.2) is 60.9 Å². The van der Waals surface area contributed by atoms with E-state index in [0.717, 1.165) is 40.2 Å². The Balaban J connectivity index is 0.00000700. The molecule has 4 fully saturated rings. The standard InChI is InChI=1S/C92H129N25O21S3.CO2/c1-9-54-37-69(120)79(53(7)118)106-82(131)57(38-68(119)52(6)98-71(122)43-110(8)72(123)20-21-93)44-139-47-73(124)111-23-29-114(30-24-111)90-107-91-109-92(108-90)116-33-27-113(28-34-116)75(126)49-141-46-66(103-81(54)130)86(135)100-63(36-56-41-96-61-18-13-11-16-59(56)61)85(134)104-77(50(2)3)88(137)101-64(39-76(127)128)83(132)97-42-70(121)99-62(35-55-40-95-60-17-12-10-15-58(55)60)84(133)105-78(51(4)5)89(138)117-22-14-19-67(117)87(136)102-65(80(94)129)45-140-48-74(125)112-25-31-115(91)32-26-112;2-1-3/h10-13,15-18,40-41,50-54,57,62-67,77-79,95-96,118H,9,14,19-39,42-49,93H2,1-8H3,(H2,94,129)(H,97,132)(H,98,122)(H,99,121)(H,100,135)(H,101,137)(H,102,136)(H,103,130)(H,104,134)(H,105,133)(H,106,131)(H,127,128);/t52-,53+,54+,57-,62-,63-,64-,65-,66-,67-,77-,78-,79-;/m0./s1. The number of para-hydroxylation sites is 2. The molecule has 0 unspecified atom stereocenters. The van der Waals surface area contributed by atoms with Crippen LogP contribution in [0.4, 0.5) is 17.8 Å². The van der Waals surface area contributed by atoms with Gasteiger partial charge in [-0.2, -0.15) is 36.3 Å². The van der Waals surface area contributed by atoms with Crippen molar-refractivity contribution in [3.63, 3.8) is 0 Å². The first-order valence-corrected chi connectivity index (χ1v) is 51.3. The summed E-state index contributed by atoms with van der Waals surface area (Å²) >= 11 is 2.99. The van der Waals surface area contributed by atoms with Gasteiger partial charge in [-0.1, -0.05) is 71.0 Å². The lowest BCUT2D eigenvalue weighted by Gasteiger charge is -2.38. The van der Waals surface area contributed by atoms with E-state index in [2.05, 4.69) is 63.1 Å². The molecule has 13 atom stereocenters. The number of ketones is 2. The molecule has 0 radical (unpaired) electrons. The van der Waals surface area contributed by atoms with E-state index in [-0.39, 0.29) is 194 Å². The molecule has 48 nitrogen and oxygen atoms in total. The van der Waals surface area contributed by atoms with Crippen LogP contribution < -0.4 is 79.3 Å². The molecule has 3 aromatic heterocycles. The number of nitrogens with zero attached hydrogens (tertiary/aromatic N) is 11. The van der Waals surface area contributed by atoms with E-state index in [0.29, 0.717) is 39.4 Å². The van der Waals surface area contributed by atoms with Gasteiger partial charge in [-0.25, -0.2) is 0 Å². The van der Waals surface area contributed by atoms with Crippen molar-refractivity contribution in [2.45, 2.75) is 173 Å². The summed E-state index contributed by atoms with van der Waals surface area (Å²) in [6.07, 6.45) is -0.727. The Hall–Kier alpha value is -13.4. The molecule has 5 aromatic rings. The number of aliphatic hydroxyl groups excluding tert-OH is 1. The van der Waals surface area contributed by atoms with Gasteiger partial charge in [-0.3, -0.25) is 91.1 Å². The number of aromatic nitrogens is 5. The molecule has 15 rings (SSSR count). The average molecular weight is 2060 g/mol. The number of benzene rings is 2. The van der Waals surface area contributed by atoms with Gasteiger partial charge in [-0.05, 0) is 68.2 Å². The molecule has 13 heterocycles. The fraction of sp³-hybridized carbons (Fsp3) is 0.581. The van der Waals surface area contributed by atoms with Gasteiger partial charge < -0.3 is 124 Å². The summed E-state index contributed by atoms with van der Waals surface area (Å²) in [5.41, 5.74) is 13.8. The van der Waals surface area contributed by atoms with Crippen LogP contribution >= 0.6 is 35.3 Å². The monoisotopic (exact) mass is 2060 g/mol. The van der Waals surface area contributed by atoms with Gasteiger partial charge in [-0.15, -0.1) is 23.5 Å². The lowest BCUT2D eigenvalue weighted by Crippen LogP contribution is -2.61. The Morgan fingerprint density at radius 2 is 1.00 bits per heavy atom. The van der Waals surface area contributed by atoms with Crippen molar-refractivity contribution in [1.82, 2.24) is 103 Å². The molecule has 10 aliphatic heterocycles. The molecule has 0 aliphatic carbocycles. The fourth-order valence-corrected chi connectivity index (χ4v) is 20.3. The molecule has 10 aliphatic rings. The molecule has 16 amide bonds. The first-order chi connectivity index (χ1) is 68.7. The summed E-state index contributed by atoms with van der Waals surface area (Å²) < 4.78 is 0. The minimum atomic E-state index is -1.96. The number of carboxylic acid groups (broad SMARTS) is 1. The highest BCUT2D eigenvalue weighted by Gasteiger charge is 2.44. The van der Waals surface area contributed by atoms with Crippen LogP contribution in [0, 0.1) is 23.7 Å². The minimum absolute atomic E-state index is 0.0204. The zero-order valence-corrected chi connectivity index (χ0v) is 84.1. The Morgan fingerprint density at radius 3 is 1.49 bits per heavy atom. The van der Waals surface area contributed by atoms with Crippen molar-refractivity contribution in [3.8, 4) is 0 Å². The average Bonchev–Trinajstić information content (AvgIpc) is 1.27. The summed E-state index contributed by atoms with van der Waals surface area (Å²) in [6, 6.07) is -1.15. The number of nitrogens with two attached hydrogens (primary N) is 2. The molecule has 144 heavy (non-hydrogen) atoms. The molecule has 0 saturated carbocycles. The highest BCUT2D eigenvalue weighted by Crippen LogP contribution is 2.29. The molecule has 2 aromatic carbocycles. The number of carbonyl (C=O) groups is 19. The van der Waals surface area contributed by atoms with Gasteiger partial charge in [0, 0.05) is 188 Å². The Kier molecular flexibility index (Phi) is 42.1. The Bertz CT molecular complexity index is 5520. The third-order valence-electron chi connectivity index (χ3n) is 25.7. The van der Waals surface area contributed by atoms with Crippen LogP contribution in [0.1, 0.15) is 105 Å². The second-order valence-electron chi connectivity index (χ2n) is 36.8. The first-order valence-electron chi connectivity index (χ1n) is 47.8. The maximum atomic E-state index is 15.6. The minimum Gasteiger partial charge on any atom is -0.481 e. The molecule has 782 valence electrons. The fourth-order valence-electron chi connectivity index (χ4n) is 17.4. The zero-order chi connectivity index (χ0) is 105. The highest BCUT2D eigenvalue weighted by molar-refractivity contribution is 8.00. The third-order valence-corrected chi connectivity index (χ3v) is 28.8. The number of H-pyrrole nitrogens is 2. The zero-order valence-electron chi connectivity index (χ0n) is 81.6. The third kappa shape index (κ3) is 31.3. The van der Waals surface area contributed by atoms with Gasteiger partial charge in [0.2, 0.25) is 112 Å². The van der Waals surface area contributed by atoms with Crippen LogP contribution in [0.2, 0.25) is 0 Å². The molecule has 18 N–H and O–H groups in total. The normalized spacial score (nSPS) is 23.9. The van der Waals surface area contributed by atoms with Crippen LogP contribution in [-0.2, 0) is 114 Å². The van der Waals surface area contributed by atoms with E-state index in [1.807, 2.05) is 14.7 Å². The van der Waals surface area contributed by atoms with Gasteiger partial charge in [0.15, 0.2) is 11.6 Å². The summed E-state index contributed by atoms with van der Waals surface area (Å²) in [5, 5.41) is 49.2. The molecule has 0 spiro atoms. The number of aliphatic carboxylic acids is 1. The van der Waals surface area contributed by atoms with E-state index in [9.17, 15) is 86.9 Å². The lowest BCUT2D eigenvalue weighted by molar-refractivity contribution is -0.192. The maximum absolute atomic E-state index is 15.6. The van der Waals surface area contributed by atoms with Crippen molar-refractivity contribution in [3.05, 3.63) is 72.1 Å². The maximum Gasteiger partial charge on any atom is 0.373 e. The number of amides is 16. The number of aliphatic hydroxyl groups is 1. The number of nitrogens with one attached hydrogen (secondary N) is 12. The van der Waals surface area contributed by atoms with Crippen molar-refractivity contribution in [2.75, 3.05) is 161 Å². The van der Waals surface area contributed by atoms with Gasteiger partial charge in [0.1, 0.15) is 54.4 Å². The number of piperazine rings is 3. The van der Waals surface area contributed by atoms with Crippen molar-refractivity contribution in [1.29, 1.82) is 0 Å². The van der Waals surface area contributed by atoms with E-state index >= 15 is 14.4 Å². The first kappa shape index (κ1) is 113. The van der Waals surface area contributed by atoms with Crippen LogP contribution in [0.3, 0.4) is 0 Å². The van der Waals surface area contributed by atoms with Gasteiger partial charge in [0.25, 0.3) is 0 Å². The molecular weight excluding hydrogens is 1930 g/mol. The number of Topliss-reactive ketones (excluding diaryl/α,β-unsaturated/α-hetero) is 2. The predicted octanol–water partition coefficient (Wildman–Crippen LogP) is -4.58. The summed E-state index contributed by atoms with van der Waals surface area (Å²) in [4.78, 5) is 323. The van der Waals surface area contributed by atoms with Crippen LogP contribution in [0.5, 0.6) is 0 Å². The lowest BCUT2D eigenvalue weighted by atomic mass is 9.92. The number of anilines is 3. The summed E-state index contributed by atoms with van der Waals surface area (Å²) in [6.45, 7) is 11.5. The van der Waals surface area contributed by atoms with Crippen LogP contribution in [-0.4, -0.2) is 391 Å². The van der Waals surface area contributed by atoms with Crippen molar-refractivity contribution in [2.24, 2.45) is 35.1 Å².